The number of halogens is 2. The van der Waals surface area contributed by atoms with Gasteiger partial charge in [0.2, 0.25) is 0 Å². The van der Waals surface area contributed by atoms with Gasteiger partial charge in [-0.25, -0.2) is 18.6 Å². The van der Waals surface area contributed by atoms with Crippen LogP contribution in [0.4, 0.5) is 13.9 Å². The van der Waals surface area contributed by atoms with Crippen LogP contribution >= 0.6 is 11.3 Å². The first-order valence-corrected chi connectivity index (χ1v) is 13.5. The summed E-state index contributed by atoms with van der Waals surface area (Å²) in [5, 5.41) is 12.0. The number of aryl methyl sites for hydroxylation is 2. The lowest BCUT2D eigenvalue weighted by molar-refractivity contribution is -0.132. The topological polar surface area (TPSA) is 88.5 Å². The molecular weight excluding hydrogens is 510 g/mol. The molecule has 1 aliphatic rings. The molecule has 0 saturated heterocycles. The summed E-state index contributed by atoms with van der Waals surface area (Å²) in [6.07, 6.45) is 5.63. The Balaban J connectivity index is 1.53. The standard InChI is InChI=1S/C29H30F2N2O4S/c1-4-19(37-5-2)10-9-17-7-6-8-21-20(17)11-12-25-26(21)32-29(38-25)33-27(34)18-14-23(30)22(24(31)15-18)13-16(3)28(35)36/h6-8,13-15,19H,4-5,9-12H2,1-3H3,(H,35,36)(H,32,33,34). The molecule has 9 heteroatoms. The van der Waals surface area contributed by atoms with Crippen molar-refractivity contribution in [3.8, 4) is 11.3 Å². The number of nitrogens with zero attached hydrogens (tertiary/aromatic N) is 1. The number of thiazole rings is 1. The monoisotopic (exact) mass is 540 g/mol. The van der Waals surface area contributed by atoms with Gasteiger partial charge in [-0.3, -0.25) is 10.1 Å². The van der Waals surface area contributed by atoms with Crippen molar-refractivity contribution in [3.63, 3.8) is 0 Å². The maximum Gasteiger partial charge on any atom is 0.331 e. The van der Waals surface area contributed by atoms with Crippen molar-refractivity contribution in [2.24, 2.45) is 0 Å². The van der Waals surface area contributed by atoms with Gasteiger partial charge in [0, 0.05) is 33.7 Å². The fraction of sp³-hybridized carbons (Fsp3) is 0.345. The number of carboxylic acid groups (broad SMARTS) is 1. The number of amides is 1. The number of ether oxygens (including phenoxy) is 1. The molecule has 1 aromatic heterocycles. The normalized spacial score (nSPS) is 13.6. The van der Waals surface area contributed by atoms with E-state index in [0.29, 0.717) is 11.7 Å². The highest BCUT2D eigenvalue weighted by Crippen LogP contribution is 2.40. The molecule has 2 aromatic carbocycles. The second-order valence-electron chi connectivity index (χ2n) is 9.20. The molecule has 1 atom stereocenters. The summed E-state index contributed by atoms with van der Waals surface area (Å²) in [5.74, 6) is -4.03. The van der Waals surface area contributed by atoms with Crippen molar-refractivity contribution in [1.82, 2.24) is 4.98 Å². The van der Waals surface area contributed by atoms with Crippen molar-refractivity contribution in [3.05, 3.63) is 74.7 Å². The molecule has 1 heterocycles. The van der Waals surface area contributed by atoms with Gasteiger partial charge in [0.1, 0.15) is 11.6 Å². The van der Waals surface area contributed by atoms with E-state index in [9.17, 15) is 18.4 Å². The third kappa shape index (κ3) is 6.00. The van der Waals surface area contributed by atoms with Gasteiger partial charge in [-0.15, -0.1) is 11.3 Å². The van der Waals surface area contributed by atoms with Crippen LogP contribution in [0, 0.1) is 11.6 Å². The van der Waals surface area contributed by atoms with E-state index in [1.54, 1.807) is 0 Å². The SMILES string of the molecule is CCOC(CC)CCc1cccc2c1CCc1sc(NC(=O)c3cc(F)c(C=C(C)C(=O)O)c(F)c3)nc1-2. The number of hydrogen-bond donors (Lipinski definition) is 2. The Hall–Kier alpha value is -3.43. The predicted molar refractivity (Wildman–Crippen MR) is 145 cm³/mol. The first-order chi connectivity index (χ1) is 18.2. The molecule has 0 radical (unpaired) electrons. The van der Waals surface area contributed by atoms with Gasteiger partial charge in [0.25, 0.3) is 5.91 Å². The Labute approximate surface area is 224 Å². The predicted octanol–water partition coefficient (Wildman–Crippen LogP) is 6.67. The molecule has 38 heavy (non-hydrogen) atoms. The number of nitrogens with one attached hydrogen (secondary N) is 1. The Morgan fingerprint density at radius 3 is 2.61 bits per heavy atom. The summed E-state index contributed by atoms with van der Waals surface area (Å²) < 4.78 is 34.9. The Kier molecular flexibility index (Phi) is 8.69. The third-order valence-electron chi connectivity index (χ3n) is 6.68. The lowest BCUT2D eigenvalue weighted by atomic mass is 9.87. The number of benzene rings is 2. The number of rotatable bonds is 10. The Bertz CT molecular complexity index is 1380. The van der Waals surface area contributed by atoms with E-state index in [-0.39, 0.29) is 17.2 Å². The largest absolute Gasteiger partial charge is 0.478 e. The number of hydrogen-bond acceptors (Lipinski definition) is 5. The Morgan fingerprint density at radius 2 is 1.95 bits per heavy atom. The van der Waals surface area contributed by atoms with Gasteiger partial charge in [-0.2, -0.15) is 0 Å². The minimum Gasteiger partial charge on any atom is -0.478 e. The highest BCUT2D eigenvalue weighted by Gasteiger charge is 2.24. The summed E-state index contributed by atoms with van der Waals surface area (Å²) >= 11 is 1.35. The van der Waals surface area contributed by atoms with Crippen LogP contribution in [-0.4, -0.2) is 34.7 Å². The highest BCUT2D eigenvalue weighted by molar-refractivity contribution is 7.16. The lowest BCUT2D eigenvalue weighted by Gasteiger charge is -2.20. The van der Waals surface area contributed by atoms with Crippen LogP contribution in [-0.2, 0) is 28.8 Å². The summed E-state index contributed by atoms with van der Waals surface area (Å²) in [6, 6.07) is 7.99. The average Bonchev–Trinajstić information content (AvgIpc) is 3.31. The van der Waals surface area contributed by atoms with E-state index in [2.05, 4.69) is 23.3 Å². The second kappa shape index (κ2) is 12.0. The number of carbonyl (C=O) groups is 2. The van der Waals surface area contributed by atoms with Crippen molar-refractivity contribution in [2.45, 2.75) is 59.0 Å². The maximum absolute atomic E-state index is 14.5. The zero-order valence-electron chi connectivity index (χ0n) is 21.6. The zero-order valence-corrected chi connectivity index (χ0v) is 22.4. The van der Waals surface area contributed by atoms with Crippen LogP contribution in [0.5, 0.6) is 0 Å². The first-order valence-electron chi connectivity index (χ1n) is 12.7. The number of carbonyl (C=O) groups excluding carboxylic acids is 1. The van der Waals surface area contributed by atoms with E-state index < -0.39 is 29.1 Å². The molecule has 1 amide bonds. The summed E-state index contributed by atoms with van der Waals surface area (Å²) in [7, 11) is 0. The molecule has 0 fully saturated rings. The van der Waals surface area contributed by atoms with Crippen LogP contribution < -0.4 is 5.32 Å². The van der Waals surface area contributed by atoms with E-state index in [1.807, 2.05) is 19.1 Å². The molecule has 3 aromatic rings. The number of aromatic nitrogens is 1. The summed E-state index contributed by atoms with van der Waals surface area (Å²) in [6.45, 7) is 6.07. The molecule has 0 bridgehead atoms. The smallest absolute Gasteiger partial charge is 0.331 e. The molecule has 1 aliphatic carbocycles. The zero-order chi connectivity index (χ0) is 27.4. The van der Waals surface area contributed by atoms with Gasteiger partial charge < -0.3 is 9.84 Å². The van der Waals surface area contributed by atoms with Crippen LogP contribution in [0.2, 0.25) is 0 Å². The summed E-state index contributed by atoms with van der Waals surface area (Å²) in [4.78, 5) is 29.5. The average molecular weight is 541 g/mol. The highest BCUT2D eigenvalue weighted by atomic mass is 32.1. The number of anilines is 1. The minimum absolute atomic E-state index is 0.222. The quantitative estimate of drug-likeness (QED) is 0.280. The van der Waals surface area contributed by atoms with Crippen LogP contribution in [0.25, 0.3) is 17.3 Å². The van der Waals surface area contributed by atoms with Gasteiger partial charge >= 0.3 is 5.97 Å². The van der Waals surface area contributed by atoms with Crippen LogP contribution in [0.15, 0.2) is 35.9 Å². The van der Waals surface area contributed by atoms with Crippen molar-refractivity contribution < 1.29 is 28.2 Å². The van der Waals surface area contributed by atoms with E-state index in [0.717, 1.165) is 66.4 Å². The molecule has 0 saturated carbocycles. The van der Waals surface area contributed by atoms with Crippen molar-refractivity contribution in [1.29, 1.82) is 0 Å². The molecule has 0 aliphatic heterocycles. The second-order valence-corrected chi connectivity index (χ2v) is 10.3. The molecule has 4 rings (SSSR count). The minimum atomic E-state index is -1.29. The van der Waals surface area contributed by atoms with Gasteiger partial charge in [-0.1, -0.05) is 25.1 Å². The maximum atomic E-state index is 14.5. The molecule has 6 nitrogen and oxygen atoms in total. The van der Waals surface area contributed by atoms with Crippen LogP contribution in [0.1, 0.15) is 65.5 Å². The van der Waals surface area contributed by atoms with E-state index in [4.69, 9.17) is 9.84 Å². The lowest BCUT2D eigenvalue weighted by Crippen LogP contribution is -2.14. The Morgan fingerprint density at radius 1 is 1.21 bits per heavy atom. The molecule has 200 valence electrons. The van der Waals surface area contributed by atoms with Crippen LogP contribution in [0.3, 0.4) is 0 Å². The molecule has 0 spiro atoms. The van der Waals surface area contributed by atoms with Gasteiger partial charge in [-0.05, 0) is 75.3 Å². The van der Waals surface area contributed by atoms with E-state index >= 15 is 0 Å². The molecule has 2 N–H and O–H groups in total. The molecule has 1 unspecified atom stereocenters. The summed E-state index contributed by atoms with van der Waals surface area (Å²) in [5.41, 5.74) is 3.46. The van der Waals surface area contributed by atoms with Crippen molar-refractivity contribution in [2.75, 3.05) is 11.9 Å². The van der Waals surface area contributed by atoms with Gasteiger partial charge in [0.05, 0.1) is 11.8 Å². The number of aliphatic carboxylic acids is 1. The molecular formula is C29H30F2N2O4S. The van der Waals surface area contributed by atoms with E-state index in [1.165, 1.54) is 29.4 Å². The third-order valence-corrected chi connectivity index (χ3v) is 7.71. The fourth-order valence-corrected chi connectivity index (χ4v) is 5.64. The first kappa shape index (κ1) is 27.6. The van der Waals surface area contributed by atoms with Crippen molar-refractivity contribution >= 4 is 34.4 Å². The van der Waals surface area contributed by atoms with Gasteiger partial charge in [0.15, 0.2) is 5.13 Å². The number of carboxylic acids is 1. The fourth-order valence-electron chi connectivity index (χ4n) is 4.67. The number of fused-ring (bicyclic) bond motifs is 3.